The number of ether oxygens (including phenoxy) is 3. The highest BCUT2D eigenvalue weighted by Gasteiger charge is 2.72. The third-order valence-electron chi connectivity index (χ3n) is 7.11. The Balaban J connectivity index is 1.64. The average molecular weight is 370 g/mol. The van der Waals surface area contributed by atoms with Crippen LogP contribution < -0.4 is 0 Å². The van der Waals surface area contributed by atoms with Gasteiger partial charge in [-0.2, -0.15) is 0 Å². The van der Waals surface area contributed by atoms with Crippen LogP contribution in [-0.2, 0) is 23.8 Å². The van der Waals surface area contributed by atoms with Gasteiger partial charge >= 0.3 is 11.9 Å². The largest absolute Gasteiger partial charge is 0.472 e. The normalized spacial score (nSPS) is 39.9. The van der Waals surface area contributed by atoms with Crippen molar-refractivity contribution in [2.75, 3.05) is 7.11 Å². The molecule has 3 heterocycles. The lowest BCUT2D eigenvalue weighted by Crippen LogP contribution is -2.63. The van der Waals surface area contributed by atoms with E-state index in [9.17, 15) is 9.59 Å². The van der Waals surface area contributed by atoms with Crippen LogP contribution in [0.1, 0.15) is 43.8 Å². The lowest BCUT2D eigenvalue weighted by molar-refractivity contribution is -0.241. The number of furan rings is 1. The van der Waals surface area contributed by atoms with E-state index < -0.39 is 23.1 Å². The molecule has 0 aromatic carbocycles. The second-order valence-electron chi connectivity index (χ2n) is 7.98. The van der Waals surface area contributed by atoms with E-state index in [1.165, 1.54) is 7.11 Å². The minimum absolute atomic E-state index is 0.0755. The van der Waals surface area contributed by atoms with Crippen molar-refractivity contribution >= 4 is 11.9 Å². The van der Waals surface area contributed by atoms with Gasteiger partial charge < -0.3 is 18.6 Å². The smallest absolute Gasteiger partial charge is 0.334 e. The van der Waals surface area contributed by atoms with E-state index >= 15 is 0 Å². The second-order valence-corrected chi connectivity index (χ2v) is 7.98. The standard InChI is InChI=1S/C21H22O6/c1-12-6-8-20-14(17(22)24-2)4-3-5-16(20)21(12)10-15(13-7-9-25-11-13)26-19(21)27-18(20)23/h4,7,9,11,15-16,19H,1,3,5-6,8,10H2,2H3/t15-,16-,19?,20+,21+/m1/s1. The molecule has 2 aliphatic heterocycles. The van der Waals surface area contributed by atoms with Crippen LogP contribution >= 0.6 is 0 Å². The van der Waals surface area contributed by atoms with Gasteiger partial charge in [0.25, 0.3) is 0 Å². The van der Waals surface area contributed by atoms with Crippen molar-refractivity contribution in [2.24, 2.45) is 16.7 Å². The summed E-state index contributed by atoms with van der Waals surface area (Å²) in [4.78, 5) is 25.8. The van der Waals surface area contributed by atoms with Crippen molar-refractivity contribution in [1.82, 2.24) is 0 Å². The van der Waals surface area contributed by atoms with Gasteiger partial charge in [-0.3, -0.25) is 4.79 Å². The van der Waals surface area contributed by atoms with Crippen LogP contribution in [0.2, 0.25) is 0 Å². The van der Waals surface area contributed by atoms with Gasteiger partial charge in [0, 0.05) is 5.56 Å². The monoisotopic (exact) mass is 370 g/mol. The minimum atomic E-state index is -0.961. The maximum absolute atomic E-state index is 13.2. The van der Waals surface area contributed by atoms with Gasteiger partial charge in [-0.25, -0.2) is 4.79 Å². The lowest BCUT2D eigenvalue weighted by Gasteiger charge is -2.59. The molecule has 1 aromatic rings. The fourth-order valence-electron chi connectivity index (χ4n) is 5.90. The van der Waals surface area contributed by atoms with E-state index in [4.69, 9.17) is 18.6 Å². The number of rotatable bonds is 2. The summed E-state index contributed by atoms with van der Waals surface area (Å²) in [6.45, 7) is 4.36. The van der Waals surface area contributed by atoms with E-state index in [-0.39, 0.29) is 18.0 Å². The first kappa shape index (κ1) is 16.8. The summed E-state index contributed by atoms with van der Waals surface area (Å²) in [5, 5.41) is 0. The van der Waals surface area contributed by atoms with Crippen molar-refractivity contribution < 1.29 is 28.2 Å². The maximum atomic E-state index is 13.2. The highest BCUT2D eigenvalue weighted by molar-refractivity contribution is 5.99. The fourth-order valence-corrected chi connectivity index (χ4v) is 5.90. The van der Waals surface area contributed by atoms with Gasteiger partial charge in [-0.05, 0) is 44.1 Å². The molecule has 1 spiro atoms. The first-order valence-corrected chi connectivity index (χ1v) is 9.40. The summed E-state index contributed by atoms with van der Waals surface area (Å²) in [5.74, 6) is -0.888. The Bertz CT molecular complexity index is 852. The van der Waals surface area contributed by atoms with E-state index in [2.05, 4.69) is 6.58 Å². The summed E-state index contributed by atoms with van der Waals surface area (Å²) in [6, 6.07) is 1.87. The molecule has 4 aliphatic rings. The van der Waals surface area contributed by atoms with E-state index in [1.54, 1.807) is 12.5 Å². The van der Waals surface area contributed by atoms with Gasteiger partial charge in [0.15, 0.2) is 0 Å². The first-order valence-electron chi connectivity index (χ1n) is 9.40. The zero-order valence-corrected chi connectivity index (χ0v) is 15.2. The number of carbonyl (C=O) groups is 2. The zero-order chi connectivity index (χ0) is 18.8. The van der Waals surface area contributed by atoms with Crippen LogP contribution in [0.4, 0.5) is 0 Å². The summed E-state index contributed by atoms with van der Waals surface area (Å²) < 4.78 is 22.3. The molecule has 6 heteroatoms. The molecule has 1 aromatic heterocycles. The highest BCUT2D eigenvalue weighted by atomic mass is 16.7. The zero-order valence-electron chi connectivity index (χ0n) is 15.2. The van der Waals surface area contributed by atoms with Crippen LogP contribution in [0, 0.1) is 16.7 Å². The molecule has 27 heavy (non-hydrogen) atoms. The van der Waals surface area contributed by atoms with Gasteiger partial charge in [0.2, 0.25) is 6.29 Å². The molecule has 0 amide bonds. The van der Waals surface area contributed by atoms with Crippen molar-refractivity contribution in [3.63, 3.8) is 0 Å². The third kappa shape index (κ3) is 1.94. The van der Waals surface area contributed by atoms with Gasteiger partial charge in [-0.15, -0.1) is 0 Å². The topological polar surface area (TPSA) is 75.0 Å². The average Bonchev–Trinajstić information content (AvgIpc) is 3.33. The van der Waals surface area contributed by atoms with E-state index in [0.29, 0.717) is 24.8 Å². The maximum Gasteiger partial charge on any atom is 0.334 e. The number of hydrogen-bond acceptors (Lipinski definition) is 6. The number of carbonyl (C=O) groups excluding carboxylic acids is 2. The van der Waals surface area contributed by atoms with Crippen LogP contribution in [0.5, 0.6) is 0 Å². The van der Waals surface area contributed by atoms with E-state index in [0.717, 1.165) is 24.0 Å². The molecule has 6 nitrogen and oxygen atoms in total. The van der Waals surface area contributed by atoms with Crippen molar-refractivity contribution in [3.05, 3.63) is 48.0 Å². The first-order chi connectivity index (χ1) is 13.0. The van der Waals surface area contributed by atoms with Crippen molar-refractivity contribution in [2.45, 2.75) is 44.5 Å². The molecule has 1 saturated carbocycles. The minimum Gasteiger partial charge on any atom is -0.472 e. The molecule has 0 radical (unpaired) electrons. The van der Waals surface area contributed by atoms with E-state index in [1.807, 2.05) is 12.1 Å². The summed E-state index contributed by atoms with van der Waals surface area (Å²) >= 11 is 0. The van der Waals surface area contributed by atoms with Crippen LogP contribution in [0.15, 0.2) is 46.8 Å². The lowest BCUT2D eigenvalue weighted by atomic mass is 9.46. The molecule has 2 aliphatic carbocycles. The van der Waals surface area contributed by atoms with Crippen molar-refractivity contribution in [1.29, 1.82) is 0 Å². The van der Waals surface area contributed by atoms with Crippen LogP contribution in [-0.4, -0.2) is 25.3 Å². The molecular formula is C21H22O6. The molecular weight excluding hydrogens is 348 g/mol. The Hall–Kier alpha value is -2.34. The molecule has 2 saturated heterocycles. The quantitative estimate of drug-likeness (QED) is 0.586. The summed E-state index contributed by atoms with van der Waals surface area (Å²) in [7, 11) is 1.35. The summed E-state index contributed by atoms with van der Waals surface area (Å²) in [5.41, 5.74) is 0.985. The molecule has 0 N–H and O–H groups in total. The molecule has 1 unspecified atom stereocenters. The number of hydrogen-bond donors (Lipinski definition) is 0. The Morgan fingerprint density at radius 3 is 3.00 bits per heavy atom. The number of methoxy groups -OCH3 is 1. The molecule has 142 valence electrons. The highest BCUT2D eigenvalue weighted by Crippen LogP contribution is 2.70. The third-order valence-corrected chi connectivity index (χ3v) is 7.11. The number of allylic oxidation sites excluding steroid dienone is 1. The SMILES string of the molecule is C=C1CC[C@@]23C(=O)OC4O[C@@H](c5ccoc5)C[C@@]14[C@@H]2CCC=C3C(=O)OC. The predicted octanol–water partition coefficient (Wildman–Crippen LogP) is 3.46. The molecule has 3 fully saturated rings. The van der Waals surface area contributed by atoms with Crippen LogP contribution in [0.25, 0.3) is 0 Å². The predicted molar refractivity (Wildman–Crippen MR) is 93.1 cm³/mol. The summed E-state index contributed by atoms with van der Waals surface area (Å²) in [6.07, 6.45) is 7.63. The Morgan fingerprint density at radius 2 is 2.26 bits per heavy atom. The molecule has 5 atom stereocenters. The van der Waals surface area contributed by atoms with Crippen molar-refractivity contribution in [3.8, 4) is 0 Å². The van der Waals surface area contributed by atoms with Gasteiger partial charge in [0.05, 0.1) is 36.7 Å². The van der Waals surface area contributed by atoms with Gasteiger partial charge in [-0.1, -0.05) is 18.2 Å². The Kier molecular flexibility index (Phi) is 3.47. The Labute approximate surface area is 157 Å². The second kappa shape index (κ2) is 5.58. The fraction of sp³-hybridized carbons (Fsp3) is 0.524. The molecule has 5 rings (SSSR count). The Morgan fingerprint density at radius 1 is 1.41 bits per heavy atom. The molecule has 2 bridgehead atoms. The van der Waals surface area contributed by atoms with Gasteiger partial charge in [0.1, 0.15) is 5.41 Å². The number of esters is 2. The van der Waals surface area contributed by atoms with Crippen LogP contribution in [0.3, 0.4) is 0 Å².